The first-order chi connectivity index (χ1) is 14.8. The molecule has 3 aromatic carbocycles. The molecule has 31 heavy (non-hydrogen) atoms. The second-order valence-electron chi connectivity index (χ2n) is 6.53. The highest BCUT2D eigenvalue weighted by atomic mass is 19.1. The fraction of sp³-hybridized carbons (Fsp3) is 0. The summed E-state index contributed by atoms with van der Waals surface area (Å²) in [5.41, 5.74) is 0.852. The highest BCUT2D eigenvalue weighted by molar-refractivity contribution is 5.72. The molecule has 1 aromatic heterocycles. The van der Waals surface area contributed by atoms with Crippen LogP contribution in [0.15, 0.2) is 72.8 Å². The van der Waals surface area contributed by atoms with Crippen molar-refractivity contribution in [1.82, 2.24) is 9.78 Å². The Morgan fingerprint density at radius 3 is 1.87 bits per heavy atom. The SMILES string of the molecule is O=[N+]([O-])c1ccc(-n2nc(-c3ccc(F)cc3)cc2-c2ccc(F)cc2)c([N+](=O)[O-])c1. The van der Waals surface area contributed by atoms with Gasteiger partial charge in [-0.15, -0.1) is 0 Å². The molecule has 0 fully saturated rings. The number of nitro groups is 2. The van der Waals surface area contributed by atoms with Crippen LogP contribution in [0.1, 0.15) is 0 Å². The summed E-state index contributed by atoms with van der Waals surface area (Å²) in [5, 5.41) is 27.1. The van der Waals surface area contributed by atoms with Crippen LogP contribution < -0.4 is 0 Å². The van der Waals surface area contributed by atoms with E-state index < -0.39 is 32.9 Å². The number of nitrogens with zero attached hydrogens (tertiary/aromatic N) is 4. The number of non-ortho nitro benzene ring substituents is 1. The summed E-state index contributed by atoms with van der Waals surface area (Å²) in [6, 6.07) is 15.8. The number of benzene rings is 3. The van der Waals surface area contributed by atoms with Gasteiger partial charge < -0.3 is 0 Å². The summed E-state index contributed by atoms with van der Waals surface area (Å²) >= 11 is 0. The van der Waals surface area contributed by atoms with Gasteiger partial charge in [-0.25, -0.2) is 13.5 Å². The minimum atomic E-state index is -0.740. The molecule has 1 heterocycles. The van der Waals surface area contributed by atoms with E-state index in [9.17, 15) is 29.0 Å². The zero-order chi connectivity index (χ0) is 22.1. The Balaban J connectivity index is 1.96. The second kappa shape index (κ2) is 7.75. The van der Waals surface area contributed by atoms with Crippen LogP contribution in [0, 0.1) is 31.9 Å². The number of halogens is 2. The van der Waals surface area contributed by atoms with Gasteiger partial charge in [0.15, 0.2) is 0 Å². The smallest absolute Gasteiger partial charge is 0.258 e. The Labute approximate surface area is 173 Å². The van der Waals surface area contributed by atoms with Crippen molar-refractivity contribution in [2.24, 2.45) is 0 Å². The predicted molar refractivity (Wildman–Crippen MR) is 108 cm³/mol. The maximum absolute atomic E-state index is 13.4. The van der Waals surface area contributed by atoms with E-state index in [-0.39, 0.29) is 5.69 Å². The first kappa shape index (κ1) is 19.8. The molecule has 0 saturated carbocycles. The highest BCUT2D eigenvalue weighted by Gasteiger charge is 2.24. The Bertz CT molecular complexity index is 1300. The van der Waals surface area contributed by atoms with Gasteiger partial charge in [0, 0.05) is 17.2 Å². The third-order valence-electron chi connectivity index (χ3n) is 4.58. The Morgan fingerprint density at radius 1 is 0.742 bits per heavy atom. The maximum Gasteiger partial charge on any atom is 0.301 e. The molecule has 10 heteroatoms. The van der Waals surface area contributed by atoms with Crippen molar-refractivity contribution in [3.8, 4) is 28.2 Å². The Morgan fingerprint density at radius 2 is 1.32 bits per heavy atom. The predicted octanol–water partition coefficient (Wildman–Crippen LogP) is 5.30. The first-order valence-corrected chi connectivity index (χ1v) is 8.88. The molecular formula is C21H12F2N4O4. The standard InChI is InChI=1S/C21H12F2N4O4/c22-15-5-1-13(2-6-15)18-12-20(14-3-7-16(23)8-4-14)25(24-18)19-10-9-17(26(28)29)11-21(19)27(30)31/h1-12H. The first-order valence-electron chi connectivity index (χ1n) is 8.88. The van der Waals surface area contributed by atoms with Crippen molar-refractivity contribution in [2.45, 2.75) is 0 Å². The molecule has 0 aliphatic carbocycles. The average molecular weight is 422 g/mol. The van der Waals surface area contributed by atoms with Crippen molar-refractivity contribution in [1.29, 1.82) is 0 Å². The largest absolute Gasteiger partial charge is 0.301 e. The Hall–Kier alpha value is -4.47. The average Bonchev–Trinajstić information content (AvgIpc) is 3.19. The Kier molecular flexibility index (Phi) is 4.96. The zero-order valence-corrected chi connectivity index (χ0v) is 15.6. The molecule has 154 valence electrons. The van der Waals surface area contributed by atoms with Crippen molar-refractivity contribution in [3.05, 3.63) is 105 Å². The monoisotopic (exact) mass is 422 g/mol. The summed E-state index contributed by atoms with van der Waals surface area (Å²) in [7, 11) is 0. The van der Waals surface area contributed by atoms with Gasteiger partial charge in [0.25, 0.3) is 5.69 Å². The van der Waals surface area contributed by atoms with Crippen LogP contribution >= 0.6 is 0 Å². The van der Waals surface area contributed by atoms with E-state index in [0.29, 0.717) is 22.5 Å². The van der Waals surface area contributed by atoms with Crippen LogP contribution in [0.25, 0.3) is 28.2 Å². The van der Waals surface area contributed by atoms with Crippen LogP contribution in [-0.4, -0.2) is 19.6 Å². The van der Waals surface area contributed by atoms with E-state index in [1.807, 2.05) is 0 Å². The van der Waals surface area contributed by atoms with E-state index in [4.69, 9.17) is 0 Å². The molecule has 4 rings (SSSR count). The summed E-state index contributed by atoms with van der Waals surface area (Å²) in [6.07, 6.45) is 0. The molecule has 0 radical (unpaired) electrons. The third-order valence-corrected chi connectivity index (χ3v) is 4.58. The summed E-state index contributed by atoms with van der Waals surface area (Å²) in [5.74, 6) is -0.900. The molecule has 0 amide bonds. The highest BCUT2D eigenvalue weighted by Crippen LogP contribution is 2.34. The van der Waals surface area contributed by atoms with Crippen LogP contribution in [-0.2, 0) is 0 Å². The molecule has 0 unspecified atom stereocenters. The second-order valence-corrected chi connectivity index (χ2v) is 6.53. The number of aromatic nitrogens is 2. The quantitative estimate of drug-likeness (QED) is 0.321. The normalized spacial score (nSPS) is 10.8. The fourth-order valence-electron chi connectivity index (χ4n) is 3.10. The van der Waals surface area contributed by atoms with E-state index >= 15 is 0 Å². The molecule has 0 spiro atoms. The summed E-state index contributed by atoms with van der Waals surface area (Å²) < 4.78 is 28.0. The molecule has 0 aliphatic heterocycles. The van der Waals surface area contributed by atoms with Gasteiger partial charge in [0.1, 0.15) is 17.3 Å². The molecular weight excluding hydrogens is 410 g/mol. The van der Waals surface area contributed by atoms with E-state index in [2.05, 4.69) is 5.10 Å². The lowest BCUT2D eigenvalue weighted by Gasteiger charge is -2.08. The minimum absolute atomic E-state index is 0.0108. The zero-order valence-electron chi connectivity index (χ0n) is 15.6. The van der Waals surface area contributed by atoms with Gasteiger partial charge in [-0.1, -0.05) is 0 Å². The third kappa shape index (κ3) is 3.86. The van der Waals surface area contributed by atoms with Crippen LogP contribution in [0.5, 0.6) is 0 Å². The number of rotatable bonds is 5. The van der Waals surface area contributed by atoms with E-state index in [1.165, 1.54) is 59.3 Å². The van der Waals surface area contributed by atoms with Crippen LogP contribution in [0.4, 0.5) is 20.2 Å². The van der Waals surface area contributed by atoms with E-state index in [1.54, 1.807) is 6.07 Å². The van der Waals surface area contributed by atoms with Gasteiger partial charge in [-0.05, 0) is 60.7 Å². The molecule has 0 bridgehead atoms. The van der Waals surface area contributed by atoms with Gasteiger partial charge >= 0.3 is 5.69 Å². The van der Waals surface area contributed by atoms with Crippen molar-refractivity contribution < 1.29 is 18.6 Å². The fourth-order valence-corrected chi connectivity index (χ4v) is 3.10. The van der Waals surface area contributed by atoms with Crippen LogP contribution in [0.3, 0.4) is 0 Å². The lowest BCUT2D eigenvalue weighted by molar-refractivity contribution is -0.394. The van der Waals surface area contributed by atoms with Crippen LogP contribution in [0.2, 0.25) is 0 Å². The van der Waals surface area contributed by atoms with Crippen molar-refractivity contribution in [2.75, 3.05) is 0 Å². The minimum Gasteiger partial charge on any atom is -0.258 e. The van der Waals surface area contributed by atoms with Gasteiger partial charge in [0.05, 0.1) is 27.3 Å². The number of hydrogen-bond donors (Lipinski definition) is 0. The van der Waals surface area contributed by atoms with Crippen molar-refractivity contribution in [3.63, 3.8) is 0 Å². The van der Waals surface area contributed by atoms with Gasteiger partial charge in [-0.3, -0.25) is 20.2 Å². The topological polar surface area (TPSA) is 104 Å². The molecule has 0 N–H and O–H groups in total. The molecule has 0 atom stereocenters. The number of hydrogen-bond acceptors (Lipinski definition) is 5. The molecule has 4 aromatic rings. The number of nitro benzene ring substituents is 2. The van der Waals surface area contributed by atoms with Gasteiger partial charge in [-0.2, -0.15) is 5.10 Å². The van der Waals surface area contributed by atoms with Crippen molar-refractivity contribution >= 4 is 11.4 Å². The summed E-state index contributed by atoms with van der Waals surface area (Å²) in [4.78, 5) is 21.2. The lowest BCUT2D eigenvalue weighted by atomic mass is 10.1. The summed E-state index contributed by atoms with van der Waals surface area (Å²) in [6.45, 7) is 0. The lowest BCUT2D eigenvalue weighted by Crippen LogP contribution is -2.04. The molecule has 0 aliphatic rings. The molecule has 0 saturated heterocycles. The van der Waals surface area contributed by atoms with Gasteiger partial charge in [0.2, 0.25) is 0 Å². The maximum atomic E-state index is 13.4. The molecule has 8 nitrogen and oxygen atoms in total. The van der Waals surface area contributed by atoms with E-state index in [0.717, 1.165) is 12.1 Å².